The first kappa shape index (κ1) is 19.9. The molecule has 0 saturated carbocycles. The molecular weight excluding hydrogens is 380 g/mol. The highest BCUT2D eigenvalue weighted by Gasteiger charge is 2.22. The lowest BCUT2D eigenvalue weighted by atomic mass is 9.95. The molecule has 0 radical (unpaired) electrons. The van der Waals surface area contributed by atoms with Crippen molar-refractivity contribution in [1.29, 1.82) is 0 Å². The van der Waals surface area contributed by atoms with Crippen molar-refractivity contribution in [2.45, 2.75) is 12.8 Å². The largest absolute Gasteiger partial charge is 0.373 e. The second kappa shape index (κ2) is 7.79. The average molecular weight is 406 g/mol. The number of H-pyrrole nitrogens is 1. The van der Waals surface area contributed by atoms with Gasteiger partial charge in [-0.2, -0.15) is 0 Å². The standard InChI is InChI=1S/C22H26N6O2/c1-27(2)8-9-28(3)17-11-15(20-21(25-12-24-20)19(17)22(23)30)14-5-4-13-6-7-18(29)26-16(13)10-14/h4-5,10-12H,6-9H2,1-3H3,(H2,23,30)(H,24,25)(H,26,29). The minimum absolute atomic E-state index is 0.0257. The van der Waals surface area contributed by atoms with Gasteiger partial charge in [0.2, 0.25) is 5.91 Å². The molecule has 2 aromatic carbocycles. The molecule has 0 fully saturated rings. The number of anilines is 2. The van der Waals surface area contributed by atoms with E-state index in [0.717, 1.165) is 47.6 Å². The molecule has 2 amide bonds. The maximum atomic E-state index is 12.3. The van der Waals surface area contributed by atoms with Crippen molar-refractivity contribution in [1.82, 2.24) is 14.9 Å². The van der Waals surface area contributed by atoms with Crippen LogP contribution in [0.15, 0.2) is 30.6 Å². The maximum absolute atomic E-state index is 12.3. The number of nitrogens with two attached hydrogens (primary N) is 1. The van der Waals surface area contributed by atoms with Crippen molar-refractivity contribution < 1.29 is 9.59 Å². The van der Waals surface area contributed by atoms with E-state index in [0.29, 0.717) is 23.0 Å². The molecule has 156 valence electrons. The van der Waals surface area contributed by atoms with Gasteiger partial charge in [0, 0.05) is 37.8 Å². The first-order valence-corrected chi connectivity index (χ1v) is 9.94. The zero-order valence-electron chi connectivity index (χ0n) is 17.5. The van der Waals surface area contributed by atoms with Crippen LogP contribution in [0, 0.1) is 0 Å². The van der Waals surface area contributed by atoms with Crippen LogP contribution >= 0.6 is 0 Å². The molecule has 0 atom stereocenters. The van der Waals surface area contributed by atoms with Crippen molar-refractivity contribution in [2.75, 3.05) is 44.4 Å². The summed E-state index contributed by atoms with van der Waals surface area (Å²) in [6, 6.07) is 8.02. The Bertz CT molecular complexity index is 1130. The first-order valence-electron chi connectivity index (χ1n) is 9.94. The maximum Gasteiger partial charge on any atom is 0.253 e. The van der Waals surface area contributed by atoms with E-state index >= 15 is 0 Å². The summed E-state index contributed by atoms with van der Waals surface area (Å²) in [5.74, 6) is -0.474. The Labute approximate surface area is 175 Å². The molecule has 3 aromatic rings. The van der Waals surface area contributed by atoms with Gasteiger partial charge in [0.15, 0.2) is 0 Å². The van der Waals surface area contributed by atoms with Gasteiger partial charge in [0.05, 0.1) is 28.6 Å². The van der Waals surface area contributed by atoms with Gasteiger partial charge in [-0.3, -0.25) is 9.59 Å². The van der Waals surface area contributed by atoms with E-state index in [1.54, 1.807) is 6.33 Å². The molecule has 0 saturated heterocycles. The molecule has 0 aliphatic carbocycles. The number of imidazole rings is 1. The van der Waals surface area contributed by atoms with Crippen LogP contribution in [-0.2, 0) is 11.2 Å². The number of carbonyl (C=O) groups excluding carboxylic acids is 2. The van der Waals surface area contributed by atoms with E-state index in [4.69, 9.17) is 5.73 Å². The third kappa shape index (κ3) is 3.61. The summed E-state index contributed by atoms with van der Waals surface area (Å²) in [7, 11) is 5.96. The number of nitrogens with zero attached hydrogens (tertiary/aromatic N) is 3. The van der Waals surface area contributed by atoms with Crippen molar-refractivity contribution >= 4 is 34.2 Å². The van der Waals surface area contributed by atoms with Gasteiger partial charge < -0.3 is 25.8 Å². The van der Waals surface area contributed by atoms with E-state index in [-0.39, 0.29) is 5.91 Å². The normalized spacial score (nSPS) is 13.4. The first-order chi connectivity index (χ1) is 14.3. The minimum atomic E-state index is -0.500. The molecule has 2 heterocycles. The minimum Gasteiger partial charge on any atom is -0.373 e. The van der Waals surface area contributed by atoms with Crippen molar-refractivity contribution in [3.63, 3.8) is 0 Å². The fourth-order valence-corrected chi connectivity index (χ4v) is 3.87. The summed E-state index contributed by atoms with van der Waals surface area (Å²) in [6.07, 6.45) is 2.81. The Kier molecular flexibility index (Phi) is 5.17. The fraction of sp³-hybridized carbons (Fsp3) is 0.318. The highest BCUT2D eigenvalue weighted by atomic mass is 16.2. The summed E-state index contributed by atoms with van der Waals surface area (Å²) in [6.45, 7) is 1.56. The number of rotatable bonds is 6. The lowest BCUT2D eigenvalue weighted by Gasteiger charge is -2.25. The summed E-state index contributed by atoms with van der Waals surface area (Å²) in [4.78, 5) is 35.9. The van der Waals surface area contributed by atoms with E-state index in [9.17, 15) is 9.59 Å². The zero-order chi connectivity index (χ0) is 21.4. The molecule has 1 aliphatic heterocycles. The molecule has 8 heteroatoms. The summed E-state index contributed by atoms with van der Waals surface area (Å²) >= 11 is 0. The Morgan fingerprint density at radius 1 is 1.17 bits per heavy atom. The number of hydrogen-bond acceptors (Lipinski definition) is 5. The van der Waals surface area contributed by atoms with Crippen LogP contribution in [-0.4, -0.2) is 60.9 Å². The van der Waals surface area contributed by atoms with Gasteiger partial charge in [0.1, 0.15) is 0 Å². The van der Waals surface area contributed by atoms with E-state index in [2.05, 4.69) is 20.2 Å². The van der Waals surface area contributed by atoms with Gasteiger partial charge in [-0.1, -0.05) is 12.1 Å². The smallest absolute Gasteiger partial charge is 0.253 e. The number of likely N-dealkylation sites (N-methyl/N-ethyl adjacent to an activating group) is 2. The number of fused-ring (bicyclic) bond motifs is 2. The molecule has 0 bridgehead atoms. The summed E-state index contributed by atoms with van der Waals surface area (Å²) < 4.78 is 0. The van der Waals surface area contributed by atoms with Crippen LogP contribution in [0.3, 0.4) is 0 Å². The number of aryl methyl sites for hydroxylation is 1. The molecule has 1 aromatic heterocycles. The van der Waals surface area contributed by atoms with Crippen LogP contribution in [0.5, 0.6) is 0 Å². The van der Waals surface area contributed by atoms with Crippen molar-refractivity contribution in [3.05, 3.63) is 41.7 Å². The zero-order valence-corrected chi connectivity index (χ0v) is 17.5. The number of nitrogens with one attached hydrogen (secondary N) is 2. The second-order valence-corrected chi connectivity index (χ2v) is 7.95. The van der Waals surface area contributed by atoms with Crippen LogP contribution < -0.4 is 16.0 Å². The lowest BCUT2D eigenvalue weighted by Crippen LogP contribution is -2.30. The van der Waals surface area contributed by atoms with Gasteiger partial charge in [-0.05, 0) is 43.8 Å². The van der Waals surface area contributed by atoms with Crippen LogP contribution in [0.4, 0.5) is 11.4 Å². The van der Waals surface area contributed by atoms with Crippen LogP contribution in [0.2, 0.25) is 0 Å². The topological polar surface area (TPSA) is 107 Å². The highest BCUT2D eigenvalue weighted by molar-refractivity contribution is 6.13. The summed E-state index contributed by atoms with van der Waals surface area (Å²) in [5, 5.41) is 2.95. The number of aromatic nitrogens is 2. The molecule has 4 rings (SSSR count). The predicted molar refractivity (Wildman–Crippen MR) is 119 cm³/mol. The Balaban J connectivity index is 1.87. The number of hydrogen-bond donors (Lipinski definition) is 3. The van der Waals surface area contributed by atoms with Crippen molar-refractivity contribution in [3.8, 4) is 11.1 Å². The third-order valence-electron chi connectivity index (χ3n) is 5.54. The predicted octanol–water partition coefficient (Wildman–Crippen LogP) is 2.21. The quantitative estimate of drug-likeness (QED) is 0.582. The van der Waals surface area contributed by atoms with Gasteiger partial charge in [-0.25, -0.2) is 4.98 Å². The Hall–Kier alpha value is -3.39. The number of benzene rings is 2. The molecule has 30 heavy (non-hydrogen) atoms. The molecular formula is C22H26N6O2. The summed E-state index contributed by atoms with van der Waals surface area (Å²) in [5.41, 5.74) is 12.0. The van der Waals surface area contributed by atoms with E-state index < -0.39 is 5.91 Å². The van der Waals surface area contributed by atoms with Gasteiger partial charge >= 0.3 is 0 Å². The van der Waals surface area contributed by atoms with Crippen LogP contribution in [0.1, 0.15) is 22.3 Å². The molecule has 8 nitrogen and oxygen atoms in total. The number of primary amides is 1. The molecule has 0 spiro atoms. The lowest BCUT2D eigenvalue weighted by molar-refractivity contribution is -0.116. The molecule has 4 N–H and O–H groups in total. The van der Waals surface area contributed by atoms with E-state index in [1.807, 2.05) is 50.3 Å². The molecule has 1 aliphatic rings. The number of amides is 2. The SMILES string of the molecule is CN(C)CCN(C)c1cc(-c2ccc3c(c2)NC(=O)CC3)c2nc[nH]c2c1C(N)=O. The number of carbonyl (C=O) groups is 2. The Morgan fingerprint density at radius 2 is 1.97 bits per heavy atom. The molecule has 0 unspecified atom stereocenters. The fourth-order valence-electron chi connectivity index (χ4n) is 3.87. The third-order valence-corrected chi connectivity index (χ3v) is 5.54. The van der Waals surface area contributed by atoms with Crippen molar-refractivity contribution in [2.24, 2.45) is 5.73 Å². The Morgan fingerprint density at radius 3 is 2.70 bits per heavy atom. The number of aromatic amines is 1. The van der Waals surface area contributed by atoms with Crippen LogP contribution in [0.25, 0.3) is 22.2 Å². The van der Waals surface area contributed by atoms with E-state index in [1.165, 1.54) is 0 Å². The highest BCUT2D eigenvalue weighted by Crippen LogP contribution is 2.37. The van der Waals surface area contributed by atoms with Gasteiger partial charge in [0.25, 0.3) is 5.91 Å². The average Bonchev–Trinajstić information content (AvgIpc) is 3.19. The monoisotopic (exact) mass is 406 g/mol. The van der Waals surface area contributed by atoms with Gasteiger partial charge in [-0.15, -0.1) is 0 Å². The second-order valence-electron chi connectivity index (χ2n) is 7.95.